The molecule has 1 aliphatic rings. The number of rotatable bonds is 5. The molecule has 0 aliphatic carbocycles. The molecule has 0 amide bonds. The molecule has 0 spiro atoms. The Morgan fingerprint density at radius 3 is 1.41 bits per heavy atom. The molecular weight excluding hydrogens is 384 g/mol. The molecule has 0 radical (unpaired) electrons. The van der Waals surface area contributed by atoms with Crippen LogP contribution in [0.5, 0.6) is 0 Å². The molecule has 0 unspecified atom stereocenters. The van der Waals surface area contributed by atoms with Crippen LogP contribution < -0.4 is 0 Å². The van der Waals surface area contributed by atoms with E-state index in [1.54, 1.807) is 0 Å². The molecule has 0 aromatic carbocycles. The third-order valence-corrected chi connectivity index (χ3v) is 4.73. The standard InChI is InChI=1S/C16H19F6NO4/c1-5-14(7(3)4)8(12(24)25)10(15(17,18)19)23(6-2)11(16(20,21)22)9(14)13(26)27/h7H,5-6H2,1-4H3,(H,24,25)(H,26,27). The Morgan fingerprint density at radius 2 is 1.26 bits per heavy atom. The number of hydrogen-bond acceptors (Lipinski definition) is 3. The van der Waals surface area contributed by atoms with Crippen LogP contribution in [0, 0.1) is 11.3 Å². The lowest BCUT2D eigenvalue weighted by atomic mass is 9.61. The minimum absolute atomic E-state index is 0.302. The van der Waals surface area contributed by atoms with Gasteiger partial charge in [-0.3, -0.25) is 0 Å². The lowest BCUT2D eigenvalue weighted by molar-refractivity contribution is -0.151. The summed E-state index contributed by atoms with van der Waals surface area (Å²) < 4.78 is 82.3. The molecule has 1 aliphatic heterocycles. The highest BCUT2D eigenvalue weighted by atomic mass is 19.4. The van der Waals surface area contributed by atoms with Crippen LogP contribution in [0.4, 0.5) is 26.3 Å². The van der Waals surface area contributed by atoms with E-state index in [0.717, 1.165) is 13.8 Å². The van der Waals surface area contributed by atoms with Gasteiger partial charge >= 0.3 is 24.3 Å². The molecule has 11 heteroatoms. The molecule has 1 heterocycles. The van der Waals surface area contributed by atoms with Crippen LogP contribution in [0.15, 0.2) is 22.5 Å². The average Bonchev–Trinajstić information content (AvgIpc) is 2.49. The Morgan fingerprint density at radius 1 is 0.926 bits per heavy atom. The fraction of sp³-hybridized carbons (Fsp3) is 0.625. The number of halogens is 6. The van der Waals surface area contributed by atoms with Gasteiger partial charge in [-0.05, 0) is 19.3 Å². The number of nitrogens with zero attached hydrogens (tertiary/aromatic N) is 1. The van der Waals surface area contributed by atoms with Crippen molar-refractivity contribution >= 4 is 11.9 Å². The molecule has 0 bridgehead atoms. The second-order valence-corrected chi connectivity index (χ2v) is 6.28. The van der Waals surface area contributed by atoms with Gasteiger partial charge in [-0.1, -0.05) is 20.8 Å². The minimum Gasteiger partial charge on any atom is -0.478 e. The van der Waals surface area contributed by atoms with Crippen molar-refractivity contribution in [2.45, 2.75) is 46.5 Å². The van der Waals surface area contributed by atoms with Crippen molar-refractivity contribution in [1.29, 1.82) is 0 Å². The van der Waals surface area contributed by atoms with Crippen LogP contribution in [-0.4, -0.2) is 45.9 Å². The summed E-state index contributed by atoms with van der Waals surface area (Å²) in [6.07, 6.45) is -11.5. The second-order valence-electron chi connectivity index (χ2n) is 6.28. The van der Waals surface area contributed by atoms with Crippen LogP contribution in [-0.2, 0) is 9.59 Å². The van der Waals surface area contributed by atoms with Gasteiger partial charge in [0.05, 0.1) is 11.1 Å². The summed E-state index contributed by atoms with van der Waals surface area (Å²) in [6, 6.07) is 0. The first kappa shape index (κ1) is 22.8. The van der Waals surface area contributed by atoms with Gasteiger partial charge in [-0.2, -0.15) is 26.3 Å². The maximum Gasteiger partial charge on any atom is 0.432 e. The molecule has 1 rings (SSSR count). The lowest BCUT2D eigenvalue weighted by Gasteiger charge is -2.47. The first-order valence-electron chi connectivity index (χ1n) is 7.96. The van der Waals surface area contributed by atoms with Crippen LogP contribution in [0.25, 0.3) is 0 Å². The van der Waals surface area contributed by atoms with E-state index in [-0.39, 0.29) is 4.90 Å². The van der Waals surface area contributed by atoms with Gasteiger partial charge in [0.25, 0.3) is 0 Å². The number of alkyl halides is 6. The van der Waals surface area contributed by atoms with E-state index in [1.165, 1.54) is 13.8 Å². The number of carboxylic acids is 2. The monoisotopic (exact) mass is 403 g/mol. The third kappa shape index (κ3) is 3.51. The largest absolute Gasteiger partial charge is 0.478 e. The summed E-state index contributed by atoms with van der Waals surface area (Å²) in [7, 11) is 0. The maximum atomic E-state index is 13.7. The summed E-state index contributed by atoms with van der Waals surface area (Å²) >= 11 is 0. The molecule has 2 N–H and O–H groups in total. The predicted molar refractivity (Wildman–Crippen MR) is 81.4 cm³/mol. The maximum absolute atomic E-state index is 13.7. The van der Waals surface area contributed by atoms with E-state index in [9.17, 15) is 46.1 Å². The normalized spacial score (nSPS) is 18.4. The van der Waals surface area contributed by atoms with Gasteiger partial charge < -0.3 is 15.1 Å². The van der Waals surface area contributed by atoms with Crippen LogP contribution in [0.2, 0.25) is 0 Å². The van der Waals surface area contributed by atoms with Crippen molar-refractivity contribution in [1.82, 2.24) is 4.90 Å². The fourth-order valence-electron chi connectivity index (χ4n) is 3.76. The molecule has 154 valence electrons. The number of aliphatic carboxylic acids is 2. The first-order valence-corrected chi connectivity index (χ1v) is 7.96. The van der Waals surface area contributed by atoms with Crippen molar-refractivity contribution in [3.05, 3.63) is 22.5 Å². The molecule has 5 nitrogen and oxygen atoms in total. The van der Waals surface area contributed by atoms with Gasteiger partial charge in [-0.25, -0.2) is 9.59 Å². The highest BCUT2D eigenvalue weighted by molar-refractivity contribution is 5.98. The van der Waals surface area contributed by atoms with Gasteiger partial charge in [0.2, 0.25) is 0 Å². The van der Waals surface area contributed by atoms with Crippen molar-refractivity contribution in [2.75, 3.05) is 6.54 Å². The Kier molecular flexibility index (Phi) is 5.99. The molecule has 0 fully saturated rings. The summed E-state index contributed by atoms with van der Waals surface area (Å²) in [5.74, 6) is -5.40. The van der Waals surface area contributed by atoms with E-state index in [4.69, 9.17) is 0 Å². The fourth-order valence-corrected chi connectivity index (χ4v) is 3.76. The van der Waals surface area contributed by atoms with Crippen molar-refractivity contribution in [2.24, 2.45) is 11.3 Å². The smallest absolute Gasteiger partial charge is 0.432 e. The van der Waals surface area contributed by atoms with Crippen LogP contribution in [0.3, 0.4) is 0 Å². The predicted octanol–water partition coefficient (Wildman–Crippen LogP) is 4.18. The summed E-state index contributed by atoms with van der Waals surface area (Å²) in [5, 5.41) is 19.0. The molecule has 0 aromatic rings. The molecule has 0 aromatic heterocycles. The van der Waals surface area contributed by atoms with Gasteiger partial charge in [-0.15, -0.1) is 0 Å². The summed E-state index contributed by atoms with van der Waals surface area (Å²) in [6.45, 7) is 3.58. The zero-order valence-electron chi connectivity index (χ0n) is 14.9. The van der Waals surface area contributed by atoms with E-state index in [2.05, 4.69) is 0 Å². The van der Waals surface area contributed by atoms with Crippen molar-refractivity contribution in [3.63, 3.8) is 0 Å². The summed E-state index contributed by atoms with van der Waals surface area (Å²) in [4.78, 5) is 23.3. The quantitative estimate of drug-likeness (QED) is 0.674. The van der Waals surface area contributed by atoms with E-state index in [0.29, 0.717) is 0 Å². The van der Waals surface area contributed by atoms with Gasteiger partial charge in [0, 0.05) is 12.0 Å². The Bertz CT molecular complexity index is 653. The highest BCUT2D eigenvalue weighted by Crippen LogP contribution is 2.57. The SMILES string of the molecule is CCN1C(C(F)(F)F)=C(C(=O)O)C(CC)(C(C)C)C(C(=O)O)=C1C(F)(F)F. The molecular formula is C16H19F6NO4. The number of carboxylic acid groups (broad SMARTS) is 2. The zero-order valence-corrected chi connectivity index (χ0v) is 14.9. The Balaban J connectivity index is 4.34. The Hall–Kier alpha value is -2.20. The van der Waals surface area contributed by atoms with E-state index in [1.807, 2.05) is 0 Å². The number of hydrogen-bond donors (Lipinski definition) is 2. The number of allylic oxidation sites excluding steroid dienone is 2. The van der Waals surface area contributed by atoms with Crippen LogP contribution in [0.1, 0.15) is 34.1 Å². The molecule has 0 atom stereocenters. The third-order valence-electron chi connectivity index (χ3n) is 4.73. The summed E-state index contributed by atoms with van der Waals surface area (Å²) in [5.41, 5.74) is -9.26. The van der Waals surface area contributed by atoms with E-state index >= 15 is 0 Å². The minimum atomic E-state index is -5.44. The second kappa shape index (κ2) is 7.08. The Labute approximate surface area is 150 Å². The molecule has 0 saturated heterocycles. The topological polar surface area (TPSA) is 77.8 Å². The average molecular weight is 403 g/mol. The first-order chi connectivity index (χ1) is 12.1. The van der Waals surface area contributed by atoms with E-state index < -0.39 is 71.1 Å². The van der Waals surface area contributed by atoms with Crippen molar-refractivity contribution < 1.29 is 46.1 Å². The van der Waals surface area contributed by atoms with Gasteiger partial charge in [0.15, 0.2) is 0 Å². The van der Waals surface area contributed by atoms with Gasteiger partial charge in [0.1, 0.15) is 11.4 Å². The lowest BCUT2D eigenvalue weighted by Crippen LogP contribution is -2.51. The highest BCUT2D eigenvalue weighted by Gasteiger charge is 2.61. The zero-order chi connectivity index (χ0) is 21.5. The van der Waals surface area contributed by atoms with Crippen LogP contribution >= 0.6 is 0 Å². The number of carbonyl (C=O) groups is 2. The molecule has 27 heavy (non-hydrogen) atoms. The van der Waals surface area contributed by atoms with Crippen molar-refractivity contribution in [3.8, 4) is 0 Å². The molecule has 0 saturated carbocycles.